The molecule has 0 atom stereocenters. The van der Waals surface area contributed by atoms with Gasteiger partial charge in [0.25, 0.3) is 0 Å². The molecule has 1 rings (SSSR count). The summed E-state index contributed by atoms with van der Waals surface area (Å²) in [6, 6.07) is 0. The normalized spacial score (nSPS) is 15.5. The van der Waals surface area contributed by atoms with Crippen LogP contribution in [0.4, 0.5) is 0 Å². The minimum Gasteiger partial charge on any atom is -0.352 e. The summed E-state index contributed by atoms with van der Waals surface area (Å²) in [6.45, 7) is 6.82. The number of nitrogens with zero attached hydrogens (tertiary/aromatic N) is 1. The molecular formula is C19H39BrN2S. The summed E-state index contributed by atoms with van der Waals surface area (Å²) in [7, 11) is 0. The molecule has 1 saturated heterocycles. The van der Waals surface area contributed by atoms with Crippen molar-refractivity contribution in [1.82, 2.24) is 4.90 Å². The van der Waals surface area contributed by atoms with E-state index in [0.29, 0.717) is 0 Å². The highest BCUT2D eigenvalue weighted by Crippen LogP contribution is 2.20. The van der Waals surface area contributed by atoms with E-state index >= 15 is 0 Å². The molecule has 0 aliphatic carbocycles. The van der Waals surface area contributed by atoms with E-state index in [0.717, 1.165) is 29.9 Å². The number of halogens is 1. The van der Waals surface area contributed by atoms with Crippen molar-refractivity contribution in [1.29, 1.82) is 5.41 Å². The third-order valence-corrected chi connectivity index (χ3v) is 5.83. The molecule has 0 unspecified atom stereocenters. The van der Waals surface area contributed by atoms with Gasteiger partial charge in [-0.1, -0.05) is 83.4 Å². The summed E-state index contributed by atoms with van der Waals surface area (Å²) in [5.74, 6) is 2.00. The Morgan fingerprint density at radius 1 is 0.913 bits per heavy atom. The highest BCUT2D eigenvalue weighted by Gasteiger charge is 2.17. The van der Waals surface area contributed by atoms with Crippen LogP contribution in [0.5, 0.6) is 0 Å². The topological polar surface area (TPSA) is 27.1 Å². The predicted molar refractivity (Wildman–Crippen MR) is 112 cm³/mol. The summed E-state index contributed by atoms with van der Waals surface area (Å²) in [5, 5.41) is 8.99. The maximum atomic E-state index is 8.16. The number of likely N-dealkylation sites (tertiary alicyclic amines) is 1. The molecule has 1 fully saturated rings. The number of amidine groups is 1. The van der Waals surface area contributed by atoms with Gasteiger partial charge < -0.3 is 4.90 Å². The van der Waals surface area contributed by atoms with Crippen LogP contribution in [0, 0.1) is 11.3 Å². The molecular weight excluding hydrogens is 368 g/mol. The lowest BCUT2D eigenvalue weighted by atomic mass is 10.00. The first-order chi connectivity index (χ1) is 10.7. The second-order valence-electron chi connectivity index (χ2n) is 7.01. The van der Waals surface area contributed by atoms with Crippen molar-refractivity contribution in [2.75, 3.05) is 18.8 Å². The summed E-state index contributed by atoms with van der Waals surface area (Å²) < 4.78 is 0. The minimum absolute atomic E-state index is 0. The number of piperidine rings is 1. The van der Waals surface area contributed by atoms with Crippen LogP contribution in [-0.2, 0) is 0 Å². The number of nitrogens with one attached hydrogen (secondary N) is 1. The van der Waals surface area contributed by atoms with E-state index in [9.17, 15) is 0 Å². The van der Waals surface area contributed by atoms with Crippen molar-refractivity contribution in [3.63, 3.8) is 0 Å². The van der Waals surface area contributed by atoms with E-state index in [1.807, 2.05) is 0 Å². The second-order valence-corrected chi connectivity index (χ2v) is 8.09. The van der Waals surface area contributed by atoms with E-state index in [1.54, 1.807) is 11.8 Å². The minimum atomic E-state index is 0. The Bertz CT molecular complexity index is 279. The largest absolute Gasteiger partial charge is 0.352 e. The Labute approximate surface area is 159 Å². The molecule has 1 heterocycles. The summed E-state index contributed by atoms with van der Waals surface area (Å²) >= 11 is 1.77. The Morgan fingerprint density at radius 2 is 1.39 bits per heavy atom. The summed E-state index contributed by atoms with van der Waals surface area (Å²) in [4.78, 5) is 2.28. The zero-order chi connectivity index (χ0) is 16.0. The van der Waals surface area contributed by atoms with Gasteiger partial charge >= 0.3 is 0 Å². The smallest absolute Gasteiger partial charge is 0.156 e. The fourth-order valence-corrected chi connectivity index (χ4v) is 3.97. The maximum Gasteiger partial charge on any atom is 0.156 e. The average molecular weight is 408 g/mol. The Balaban J connectivity index is 0.00000484. The highest BCUT2D eigenvalue weighted by molar-refractivity contribution is 8.93. The van der Waals surface area contributed by atoms with Crippen molar-refractivity contribution in [3.8, 4) is 0 Å². The van der Waals surface area contributed by atoms with Crippen molar-refractivity contribution in [3.05, 3.63) is 0 Å². The molecule has 0 amide bonds. The Morgan fingerprint density at radius 3 is 1.91 bits per heavy atom. The maximum absolute atomic E-state index is 8.16. The van der Waals surface area contributed by atoms with Gasteiger partial charge in [0, 0.05) is 18.8 Å². The molecule has 1 aliphatic heterocycles. The summed E-state index contributed by atoms with van der Waals surface area (Å²) in [5.41, 5.74) is 0. The van der Waals surface area contributed by atoms with Gasteiger partial charge in [-0.25, -0.2) is 0 Å². The van der Waals surface area contributed by atoms with Crippen molar-refractivity contribution < 1.29 is 0 Å². The number of hydrogen-bond acceptors (Lipinski definition) is 2. The zero-order valence-electron chi connectivity index (χ0n) is 15.4. The van der Waals surface area contributed by atoms with Gasteiger partial charge in [-0.3, -0.25) is 5.41 Å². The molecule has 23 heavy (non-hydrogen) atoms. The monoisotopic (exact) mass is 406 g/mol. The SMILES string of the molecule is Br.CCCCCCCCCCCCSC(=N)N1CCC(C)CC1. The van der Waals surface area contributed by atoms with Gasteiger partial charge in [0.2, 0.25) is 0 Å². The number of unbranched alkanes of at least 4 members (excludes halogenated alkanes) is 9. The third kappa shape index (κ3) is 12.3. The van der Waals surface area contributed by atoms with Crippen LogP contribution in [0.25, 0.3) is 0 Å². The zero-order valence-corrected chi connectivity index (χ0v) is 18.0. The van der Waals surface area contributed by atoms with Crippen molar-refractivity contribution in [2.45, 2.75) is 90.9 Å². The lowest BCUT2D eigenvalue weighted by molar-refractivity contribution is 0.283. The quantitative estimate of drug-likeness (QED) is 0.229. The first-order valence-electron chi connectivity index (χ1n) is 9.70. The van der Waals surface area contributed by atoms with Crippen LogP contribution in [0.15, 0.2) is 0 Å². The van der Waals surface area contributed by atoms with Gasteiger partial charge in [0.1, 0.15) is 0 Å². The number of hydrogen-bond donors (Lipinski definition) is 1. The van der Waals surface area contributed by atoms with Crippen LogP contribution in [0.1, 0.15) is 90.9 Å². The molecule has 0 aromatic rings. The van der Waals surface area contributed by atoms with E-state index < -0.39 is 0 Å². The van der Waals surface area contributed by atoms with Crippen LogP contribution < -0.4 is 0 Å². The van der Waals surface area contributed by atoms with Crippen molar-refractivity contribution in [2.24, 2.45) is 5.92 Å². The fourth-order valence-electron chi connectivity index (χ4n) is 3.06. The van der Waals surface area contributed by atoms with Crippen molar-refractivity contribution >= 4 is 33.9 Å². The Hall–Kier alpha value is 0.300. The molecule has 0 aromatic carbocycles. The molecule has 4 heteroatoms. The van der Waals surface area contributed by atoms with Gasteiger partial charge in [-0.05, 0) is 25.2 Å². The lowest BCUT2D eigenvalue weighted by Gasteiger charge is -2.31. The molecule has 0 aromatic heterocycles. The molecule has 1 N–H and O–H groups in total. The molecule has 2 nitrogen and oxygen atoms in total. The van der Waals surface area contributed by atoms with Gasteiger partial charge in [-0.15, -0.1) is 17.0 Å². The molecule has 138 valence electrons. The molecule has 0 bridgehead atoms. The molecule has 0 saturated carbocycles. The van der Waals surface area contributed by atoms with Gasteiger partial charge in [0.05, 0.1) is 0 Å². The van der Waals surface area contributed by atoms with E-state index in [-0.39, 0.29) is 17.0 Å². The Kier molecular flexibility index (Phi) is 16.0. The summed E-state index contributed by atoms with van der Waals surface area (Å²) in [6.07, 6.45) is 16.5. The fraction of sp³-hybridized carbons (Fsp3) is 0.947. The lowest BCUT2D eigenvalue weighted by Crippen LogP contribution is -2.36. The first-order valence-corrected chi connectivity index (χ1v) is 10.7. The predicted octanol–water partition coefficient (Wildman–Crippen LogP) is 6.89. The van der Waals surface area contributed by atoms with Gasteiger partial charge in [0.15, 0.2) is 5.17 Å². The van der Waals surface area contributed by atoms with Crippen LogP contribution in [0.2, 0.25) is 0 Å². The van der Waals surface area contributed by atoms with E-state index in [1.165, 1.54) is 77.0 Å². The molecule has 1 aliphatic rings. The van der Waals surface area contributed by atoms with Crippen LogP contribution in [0.3, 0.4) is 0 Å². The average Bonchev–Trinajstić information content (AvgIpc) is 2.53. The highest BCUT2D eigenvalue weighted by atomic mass is 79.9. The number of rotatable bonds is 11. The first kappa shape index (κ1) is 23.3. The van der Waals surface area contributed by atoms with E-state index in [4.69, 9.17) is 5.41 Å². The van der Waals surface area contributed by atoms with Crippen LogP contribution in [-0.4, -0.2) is 28.9 Å². The van der Waals surface area contributed by atoms with E-state index in [2.05, 4.69) is 18.7 Å². The number of thioether (sulfide) groups is 1. The second kappa shape index (κ2) is 15.8. The molecule has 0 radical (unpaired) electrons. The third-order valence-electron chi connectivity index (χ3n) is 4.81. The molecule has 0 spiro atoms. The van der Waals surface area contributed by atoms with Crippen LogP contribution >= 0.6 is 28.7 Å². The standard InChI is InChI=1S/C19H38N2S.BrH/c1-3-4-5-6-7-8-9-10-11-12-17-22-19(20)21-15-13-18(2)14-16-21;/h18,20H,3-17H2,1-2H3;1H. The van der Waals surface area contributed by atoms with Gasteiger partial charge in [-0.2, -0.15) is 0 Å².